The van der Waals surface area contributed by atoms with E-state index < -0.39 is 0 Å². The van der Waals surface area contributed by atoms with E-state index in [-0.39, 0.29) is 5.91 Å². The van der Waals surface area contributed by atoms with Gasteiger partial charge in [-0.3, -0.25) is 9.89 Å². The van der Waals surface area contributed by atoms with Crippen LogP contribution in [0.15, 0.2) is 42.7 Å². The van der Waals surface area contributed by atoms with Crippen molar-refractivity contribution in [2.24, 2.45) is 0 Å². The highest BCUT2D eigenvalue weighted by molar-refractivity contribution is 6.05. The molecule has 0 fully saturated rings. The second-order valence-electron chi connectivity index (χ2n) is 5.84. The van der Waals surface area contributed by atoms with Crippen LogP contribution >= 0.6 is 0 Å². The van der Waals surface area contributed by atoms with Crippen molar-refractivity contribution in [3.8, 4) is 0 Å². The second-order valence-corrected chi connectivity index (χ2v) is 5.84. The number of anilines is 1. The van der Waals surface area contributed by atoms with E-state index in [4.69, 9.17) is 4.74 Å². The minimum Gasteiger partial charge on any atom is -0.376 e. The highest BCUT2D eigenvalue weighted by Crippen LogP contribution is 2.23. The lowest BCUT2D eigenvalue weighted by Gasteiger charge is -2.12. The number of carbonyl (C=O) groups is 1. The van der Waals surface area contributed by atoms with Crippen molar-refractivity contribution in [2.75, 3.05) is 11.9 Å². The Labute approximate surface area is 139 Å². The maximum atomic E-state index is 12.6. The third-order valence-corrected chi connectivity index (χ3v) is 4.24. The number of hydrogen-bond donors (Lipinski definition) is 3. The van der Waals surface area contributed by atoms with Gasteiger partial charge in [0.15, 0.2) is 5.82 Å². The molecule has 0 aliphatic carbocycles. The Balaban J connectivity index is 1.53. The number of nitrogens with zero attached hydrogens (tertiary/aromatic N) is 1. The summed E-state index contributed by atoms with van der Waals surface area (Å²) in [6.07, 6.45) is 5.09. The summed E-state index contributed by atoms with van der Waals surface area (Å²) in [6, 6.07) is 10.1. The van der Waals surface area contributed by atoms with Crippen molar-refractivity contribution >= 4 is 11.7 Å². The number of carbonyl (C=O) groups excluding carboxylic acids is 1. The average molecular weight is 322 g/mol. The van der Waals surface area contributed by atoms with E-state index in [1.165, 1.54) is 0 Å². The summed E-state index contributed by atoms with van der Waals surface area (Å²) < 4.78 is 5.45. The maximum absolute atomic E-state index is 12.6. The Morgan fingerprint density at radius 1 is 1.25 bits per heavy atom. The fourth-order valence-electron chi connectivity index (χ4n) is 2.96. The normalized spacial score (nSPS) is 13.5. The quantitative estimate of drug-likeness (QED) is 0.690. The minimum absolute atomic E-state index is 0.165. The van der Waals surface area contributed by atoms with Gasteiger partial charge in [-0.15, -0.1) is 0 Å². The third-order valence-electron chi connectivity index (χ3n) is 4.24. The second kappa shape index (κ2) is 6.33. The molecule has 3 N–H and O–H groups in total. The average Bonchev–Trinajstić information content (AvgIpc) is 3.23. The zero-order valence-electron chi connectivity index (χ0n) is 13.1. The standard InChI is InChI=1S/C18H18N4O2/c23-18(20-17-15-11-24-7-6-16(15)21-22-17)14-10-19-9-13(14)8-12-4-2-1-3-5-12/h1-5,9-10,19H,6-8,11H2,(H2,20,21,22,23). The van der Waals surface area contributed by atoms with Crippen LogP contribution in [-0.4, -0.2) is 27.7 Å². The molecule has 1 aliphatic rings. The lowest BCUT2D eigenvalue weighted by molar-refractivity contribution is 0.102. The summed E-state index contributed by atoms with van der Waals surface area (Å²) >= 11 is 0. The number of rotatable bonds is 4. The Morgan fingerprint density at radius 2 is 2.12 bits per heavy atom. The molecule has 0 saturated carbocycles. The molecular formula is C18H18N4O2. The first-order valence-corrected chi connectivity index (χ1v) is 7.96. The van der Waals surface area contributed by atoms with Crippen LogP contribution in [-0.2, 0) is 24.2 Å². The van der Waals surface area contributed by atoms with E-state index in [1.54, 1.807) is 6.20 Å². The number of fused-ring (bicyclic) bond motifs is 1. The predicted molar refractivity (Wildman–Crippen MR) is 89.9 cm³/mol. The van der Waals surface area contributed by atoms with Gasteiger partial charge in [0.05, 0.1) is 18.8 Å². The van der Waals surface area contributed by atoms with Crippen LogP contribution in [0.5, 0.6) is 0 Å². The zero-order valence-corrected chi connectivity index (χ0v) is 13.1. The van der Waals surface area contributed by atoms with Gasteiger partial charge in [0, 0.05) is 30.1 Å². The van der Waals surface area contributed by atoms with E-state index in [0.29, 0.717) is 31.0 Å². The molecule has 0 spiro atoms. The van der Waals surface area contributed by atoms with Gasteiger partial charge in [-0.2, -0.15) is 5.10 Å². The highest BCUT2D eigenvalue weighted by atomic mass is 16.5. The molecule has 1 aliphatic heterocycles. The van der Waals surface area contributed by atoms with Gasteiger partial charge in [-0.1, -0.05) is 30.3 Å². The number of amides is 1. The van der Waals surface area contributed by atoms with Gasteiger partial charge in [0.25, 0.3) is 5.91 Å². The van der Waals surface area contributed by atoms with E-state index >= 15 is 0 Å². The first-order valence-electron chi connectivity index (χ1n) is 7.96. The Morgan fingerprint density at radius 3 is 3.00 bits per heavy atom. The molecule has 3 aromatic rings. The van der Waals surface area contributed by atoms with Crippen molar-refractivity contribution in [1.29, 1.82) is 0 Å². The van der Waals surface area contributed by atoms with Gasteiger partial charge >= 0.3 is 0 Å². The van der Waals surface area contributed by atoms with Gasteiger partial charge in [-0.25, -0.2) is 0 Å². The molecule has 6 nitrogen and oxygen atoms in total. The van der Waals surface area contributed by atoms with Gasteiger partial charge in [-0.05, 0) is 17.5 Å². The van der Waals surface area contributed by atoms with Crippen molar-refractivity contribution in [1.82, 2.24) is 15.2 Å². The monoisotopic (exact) mass is 322 g/mol. The number of ether oxygens (including phenoxy) is 1. The molecule has 4 rings (SSSR count). The smallest absolute Gasteiger partial charge is 0.258 e. The van der Waals surface area contributed by atoms with Crippen molar-refractivity contribution in [3.63, 3.8) is 0 Å². The lowest BCUT2D eigenvalue weighted by Crippen LogP contribution is -2.16. The van der Waals surface area contributed by atoms with Crippen LogP contribution in [0.25, 0.3) is 0 Å². The van der Waals surface area contributed by atoms with Crippen molar-refractivity contribution < 1.29 is 9.53 Å². The molecule has 3 heterocycles. The van der Waals surface area contributed by atoms with E-state index in [2.05, 4.69) is 32.6 Å². The van der Waals surface area contributed by atoms with E-state index in [9.17, 15) is 4.79 Å². The molecule has 2 aromatic heterocycles. The minimum atomic E-state index is -0.165. The summed E-state index contributed by atoms with van der Waals surface area (Å²) in [4.78, 5) is 15.7. The van der Waals surface area contributed by atoms with Crippen LogP contribution < -0.4 is 5.32 Å². The maximum Gasteiger partial charge on any atom is 0.258 e. The molecule has 6 heteroatoms. The molecule has 1 aromatic carbocycles. The molecule has 24 heavy (non-hydrogen) atoms. The number of H-pyrrole nitrogens is 2. The molecule has 0 unspecified atom stereocenters. The molecular weight excluding hydrogens is 304 g/mol. The first-order chi connectivity index (χ1) is 11.8. The first kappa shape index (κ1) is 14.7. The SMILES string of the molecule is O=C(Nc1n[nH]c2c1COCC2)c1c[nH]cc1Cc1ccccc1. The number of hydrogen-bond acceptors (Lipinski definition) is 3. The molecule has 0 saturated heterocycles. The van der Waals surface area contributed by atoms with Crippen LogP contribution in [0.3, 0.4) is 0 Å². The van der Waals surface area contributed by atoms with Gasteiger partial charge in [0.2, 0.25) is 0 Å². The third kappa shape index (κ3) is 2.83. The largest absolute Gasteiger partial charge is 0.376 e. The summed E-state index contributed by atoms with van der Waals surface area (Å²) in [5, 5.41) is 10.1. The van der Waals surface area contributed by atoms with Crippen LogP contribution in [0, 0.1) is 0 Å². The van der Waals surface area contributed by atoms with Gasteiger partial charge in [0.1, 0.15) is 0 Å². The van der Waals surface area contributed by atoms with Crippen LogP contribution in [0.2, 0.25) is 0 Å². The number of aromatic nitrogens is 3. The predicted octanol–water partition coefficient (Wildman–Crippen LogP) is 2.65. The molecule has 122 valence electrons. The summed E-state index contributed by atoms with van der Waals surface area (Å²) in [7, 11) is 0. The Kier molecular flexibility index (Phi) is 3.88. The van der Waals surface area contributed by atoms with Gasteiger partial charge < -0.3 is 15.0 Å². The molecule has 0 bridgehead atoms. The molecule has 1 amide bonds. The number of aromatic amines is 2. The van der Waals surface area contributed by atoms with Crippen molar-refractivity contribution in [3.05, 3.63) is 70.7 Å². The summed E-state index contributed by atoms with van der Waals surface area (Å²) in [5.74, 6) is 0.392. The Bertz CT molecular complexity index is 851. The molecule has 0 radical (unpaired) electrons. The summed E-state index contributed by atoms with van der Waals surface area (Å²) in [5.41, 5.74) is 4.73. The zero-order chi connectivity index (χ0) is 16.4. The lowest BCUT2D eigenvalue weighted by atomic mass is 10.0. The highest BCUT2D eigenvalue weighted by Gasteiger charge is 2.20. The van der Waals surface area contributed by atoms with E-state index in [0.717, 1.165) is 28.8 Å². The fourth-order valence-corrected chi connectivity index (χ4v) is 2.96. The fraction of sp³-hybridized carbons (Fsp3) is 0.222. The summed E-state index contributed by atoms with van der Waals surface area (Å²) in [6.45, 7) is 1.16. The van der Waals surface area contributed by atoms with Crippen molar-refractivity contribution in [2.45, 2.75) is 19.4 Å². The van der Waals surface area contributed by atoms with E-state index in [1.807, 2.05) is 24.4 Å². The molecule has 0 atom stereocenters. The number of nitrogens with one attached hydrogen (secondary N) is 3. The Hall–Kier alpha value is -2.86. The van der Waals surface area contributed by atoms with Crippen LogP contribution in [0.4, 0.5) is 5.82 Å². The topological polar surface area (TPSA) is 82.8 Å². The number of benzene rings is 1. The van der Waals surface area contributed by atoms with Crippen LogP contribution in [0.1, 0.15) is 32.7 Å².